The van der Waals surface area contributed by atoms with Gasteiger partial charge in [-0.1, -0.05) is 6.92 Å². The number of rotatable bonds is 3. The summed E-state index contributed by atoms with van der Waals surface area (Å²) in [5.41, 5.74) is 0.898. The molecule has 2 aromatic heterocycles. The van der Waals surface area contributed by atoms with Gasteiger partial charge in [0.1, 0.15) is 5.01 Å². The van der Waals surface area contributed by atoms with Gasteiger partial charge in [0.25, 0.3) is 0 Å². The molecule has 0 amide bonds. The molecule has 0 aromatic carbocycles. The Bertz CT molecular complexity index is 524. The molecule has 16 heavy (non-hydrogen) atoms. The minimum atomic E-state index is -0.0756. The number of thiazole rings is 1. The Morgan fingerprint density at radius 2 is 2.31 bits per heavy atom. The number of aromatic nitrogens is 1. The summed E-state index contributed by atoms with van der Waals surface area (Å²) in [6.45, 7) is 2.01. The van der Waals surface area contributed by atoms with E-state index in [0.717, 1.165) is 26.5 Å². The molecular formula is C11H9BrN2S2. The molecule has 0 fully saturated rings. The number of hydrogen-bond donors (Lipinski definition) is 0. The fraction of sp³-hybridized carbons (Fsp3) is 0.273. The van der Waals surface area contributed by atoms with E-state index in [1.807, 2.05) is 17.7 Å². The van der Waals surface area contributed by atoms with E-state index in [4.69, 9.17) is 5.26 Å². The minimum Gasteiger partial charge on any atom is -0.239 e. The highest BCUT2D eigenvalue weighted by Gasteiger charge is 2.13. The summed E-state index contributed by atoms with van der Waals surface area (Å²) in [6.07, 6.45) is 0.813. The molecular weight excluding hydrogens is 304 g/mol. The zero-order valence-electron chi connectivity index (χ0n) is 8.61. The SMILES string of the molecule is CCC(C#N)c1csc(-c2cc(Br)cs2)n1. The monoisotopic (exact) mass is 312 g/mol. The van der Waals surface area contributed by atoms with Gasteiger partial charge < -0.3 is 0 Å². The molecule has 0 saturated carbocycles. The second kappa shape index (κ2) is 5.09. The summed E-state index contributed by atoms with van der Waals surface area (Å²) in [5, 5.41) is 14.0. The fourth-order valence-electron chi connectivity index (χ4n) is 1.35. The van der Waals surface area contributed by atoms with Crippen molar-refractivity contribution in [1.29, 1.82) is 5.26 Å². The number of halogens is 1. The third-order valence-corrected chi connectivity index (χ3v) is 4.94. The Morgan fingerprint density at radius 3 is 2.88 bits per heavy atom. The zero-order valence-corrected chi connectivity index (χ0v) is 11.8. The van der Waals surface area contributed by atoms with Crippen LogP contribution in [0, 0.1) is 11.3 Å². The molecule has 0 spiro atoms. The van der Waals surface area contributed by atoms with E-state index in [-0.39, 0.29) is 5.92 Å². The molecule has 1 atom stereocenters. The van der Waals surface area contributed by atoms with E-state index in [2.05, 4.69) is 33.0 Å². The molecule has 2 heterocycles. The van der Waals surface area contributed by atoms with E-state index in [0.29, 0.717) is 0 Å². The van der Waals surface area contributed by atoms with Crippen molar-refractivity contribution >= 4 is 38.6 Å². The van der Waals surface area contributed by atoms with Gasteiger partial charge in [0, 0.05) is 15.2 Å². The van der Waals surface area contributed by atoms with Crippen LogP contribution in [-0.4, -0.2) is 4.98 Å². The zero-order chi connectivity index (χ0) is 11.5. The Morgan fingerprint density at radius 1 is 1.50 bits per heavy atom. The first-order valence-corrected chi connectivity index (χ1v) is 7.39. The van der Waals surface area contributed by atoms with Gasteiger partial charge in [-0.25, -0.2) is 4.98 Å². The van der Waals surface area contributed by atoms with E-state index in [1.54, 1.807) is 22.7 Å². The van der Waals surface area contributed by atoms with Crippen LogP contribution in [-0.2, 0) is 0 Å². The molecule has 0 aliphatic heterocycles. The topological polar surface area (TPSA) is 36.7 Å². The van der Waals surface area contributed by atoms with Crippen molar-refractivity contribution < 1.29 is 0 Å². The van der Waals surface area contributed by atoms with E-state index < -0.39 is 0 Å². The van der Waals surface area contributed by atoms with Crippen LogP contribution >= 0.6 is 38.6 Å². The largest absolute Gasteiger partial charge is 0.239 e. The maximum absolute atomic E-state index is 8.97. The van der Waals surface area contributed by atoms with Gasteiger partial charge in [0.05, 0.1) is 22.6 Å². The lowest BCUT2D eigenvalue weighted by Gasteiger charge is -1.99. The van der Waals surface area contributed by atoms with Crippen molar-refractivity contribution in [3.05, 3.63) is 27.0 Å². The number of hydrogen-bond acceptors (Lipinski definition) is 4. The van der Waals surface area contributed by atoms with Crippen LogP contribution in [0.25, 0.3) is 9.88 Å². The lowest BCUT2D eigenvalue weighted by molar-refractivity contribution is 0.795. The highest BCUT2D eigenvalue weighted by atomic mass is 79.9. The van der Waals surface area contributed by atoms with Crippen LogP contribution in [0.15, 0.2) is 21.3 Å². The van der Waals surface area contributed by atoms with E-state index >= 15 is 0 Å². The third-order valence-electron chi connectivity index (χ3n) is 2.22. The predicted octanol–water partition coefficient (Wildman–Crippen LogP) is 4.65. The molecule has 2 rings (SSSR count). The molecule has 0 bridgehead atoms. The first kappa shape index (κ1) is 11.8. The highest BCUT2D eigenvalue weighted by molar-refractivity contribution is 9.10. The van der Waals surface area contributed by atoms with Crippen molar-refractivity contribution in [1.82, 2.24) is 4.98 Å². The molecule has 5 heteroatoms. The summed E-state index contributed by atoms with van der Waals surface area (Å²) in [6, 6.07) is 4.33. The first-order valence-electron chi connectivity index (χ1n) is 4.84. The summed E-state index contributed by atoms with van der Waals surface area (Å²) in [5.74, 6) is -0.0756. The summed E-state index contributed by atoms with van der Waals surface area (Å²) < 4.78 is 1.08. The van der Waals surface area contributed by atoms with Crippen LogP contribution in [0.1, 0.15) is 25.0 Å². The minimum absolute atomic E-state index is 0.0756. The summed E-state index contributed by atoms with van der Waals surface area (Å²) >= 11 is 6.69. The van der Waals surface area contributed by atoms with Crippen LogP contribution in [0.2, 0.25) is 0 Å². The lowest BCUT2D eigenvalue weighted by Crippen LogP contribution is -1.93. The van der Waals surface area contributed by atoms with Crippen LogP contribution < -0.4 is 0 Å². The molecule has 2 nitrogen and oxygen atoms in total. The lowest BCUT2D eigenvalue weighted by atomic mass is 10.1. The van der Waals surface area contributed by atoms with Gasteiger partial charge in [-0.05, 0) is 28.4 Å². The Hall–Kier alpha value is -0.700. The molecule has 0 saturated heterocycles. The first-order chi connectivity index (χ1) is 7.74. The van der Waals surface area contributed by atoms with Gasteiger partial charge >= 0.3 is 0 Å². The molecule has 82 valence electrons. The second-order valence-electron chi connectivity index (χ2n) is 3.30. The van der Waals surface area contributed by atoms with Gasteiger partial charge in [-0.15, -0.1) is 22.7 Å². The normalized spacial score (nSPS) is 12.3. The average molecular weight is 313 g/mol. The van der Waals surface area contributed by atoms with Gasteiger partial charge in [-0.2, -0.15) is 5.26 Å². The van der Waals surface area contributed by atoms with Gasteiger partial charge in [0.15, 0.2) is 0 Å². The molecule has 2 aromatic rings. The van der Waals surface area contributed by atoms with Gasteiger partial charge in [-0.3, -0.25) is 0 Å². The van der Waals surface area contributed by atoms with Crippen molar-refractivity contribution in [3.63, 3.8) is 0 Å². The molecule has 0 aliphatic carbocycles. The van der Waals surface area contributed by atoms with E-state index in [9.17, 15) is 0 Å². The number of thiophene rings is 1. The Balaban J connectivity index is 2.30. The van der Waals surface area contributed by atoms with Crippen molar-refractivity contribution in [3.8, 4) is 16.0 Å². The molecule has 0 N–H and O–H groups in total. The maximum atomic E-state index is 8.97. The maximum Gasteiger partial charge on any atom is 0.133 e. The summed E-state index contributed by atoms with van der Waals surface area (Å²) in [4.78, 5) is 5.67. The molecule has 1 unspecified atom stereocenters. The Labute approximate surface area is 111 Å². The highest BCUT2D eigenvalue weighted by Crippen LogP contribution is 2.33. The van der Waals surface area contributed by atoms with Gasteiger partial charge in [0.2, 0.25) is 0 Å². The van der Waals surface area contributed by atoms with Crippen molar-refractivity contribution in [2.75, 3.05) is 0 Å². The van der Waals surface area contributed by atoms with E-state index in [1.165, 1.54) is 0 Å². The van der Waals surface area contributed by atoms with Crippen LogP contribution in [0.4, 0.5) is 0 Å². The predicted molar refractivity (Wildman–Crippen MR) is 71.8 cm³/mol. The third kappa shape index (κ3) is 2.34. The Kier molecular flexibility index (Phi) is 3.74. The summed E-state index contributed by atoms with van der Waals surface area (Å²) in [7, 11) is 0. The second-order valence-corrected chi connectivity index (χ2v) is 5.98. The standard InChI is InChI=1S/C11H9BrN2S2/c1-2-7(4-13)9-6-16-11(14-9)10-3-8(12)5-15-10/h3,5-7H,2H2,1H3. The smallest absolute Gasteiger partial charge is 0.133 e. The van der Waals surface area contributed by atoms with Crippen LogP contribution in [0.3, 0.4) is 0 Å². The number of nitriles is 1. The van der Waals surface area contributed by atoms with Crippen molar-refractivity contribution in [2.24, 2.45) is 0 Å². The molecule has 0 radical (unpaired) electrons. The quantitative estimate of drug-likeness (QED) is 0.827. The number of nitrogens with zero attached hydrogens (tertiary/aromatic N) is 2. The average Bonchev–Trinajstić information content (AvgIpc) is 2.89. The molecule has 0 aliphatic rings. The van der Waals surface area contributed by atoms with Crippen molar-refractivity contribution in [2.45, 2.75) is 19.3 Å². The fourth-order valence-corrected chi connectivity index (χ4v) is 3.73. The van der Waals surface area contributed by atoms with Crippen LogP contribution in [0.5, 0.6) is 0 Å².